The monoisotopic (exact) mass is 442 g/mol. The number of aromatic hydroxyl groups is 1. The number of carbonyl (C=O) groups is 3. The van der Waals surface area contributed by atoms with E-state index in [0.717, 1.165) is 5.56 Å². The first-order chi connectivity index (χ1) is 15.3. The number of ether oxygens (including phenoxy) is 2. The van der Waals surface area contributed by atoms with Gasteiger partial charge in [0.2, 0.25) is 5.91 Å². The van der Waals surface area contributed by atoms with Gasteiger partial charge in [-0.05, 0) is 35.6 Å². The van der Waals surface area contributed by atoms with E-state index in [4.69, 9.17) is 9.47 Å². The average Bonchev–Trinajstić information content (AvgIpc) is 2.78. The number of benzene rings is 2. The zero-order valence-electron chi connectivity index (χ0n) is 18.5. The molecule has 3 N–H and O–H groups in total. The summed E-state index contributed by atoms with van der Waals surface area (Å²) >= 11 is 0. The van der Waals surface area contributed by atoms with Crippen LogP contribution in [-0.2, 0) is 32.1 Å². The van der Waals surface area contributed by atoms with Crippen LogP contribution in [0.15, 0.2) is 54.6 Å². The zero-order valence-corrected chi connectivity index (χ0v) is 18.5. The van der Waals surface area contributed by atoms with Crippen molar-refractivity contribution in [3.05, 3.63) is 65.7 Å². The number of alkyl carbamates (subject to hydrolysis) is 1. The predicted octanol–water partition coefficient (Wildman–Crippen LogP) is 2.93. The van der Waals surface area contributed by atoms with Crippen molar-refractivity contribution < 1.29 is 29.0 Å². The lowest BCUT2D eigenvalue weighted by Gasteiger charge is -2.23. The van der Waals surface area contributed by atoms with E-state index in [9.17, 15) is 19.5 Å². The van der Waals surface area contributed by atoms with Crippen molar-refractivity contribution in [3.63, 3.8) is 0 Å². The third-order valence-electron chi connectivity index (χ3n) is 4.71. The molecule has 172 valence electrons. The van der Waals surface area contributed by atoms with Gasteiger partial charge in [0.1, 0.15) is 24.4 Å². The molecule has 2 rings (SSSR count). The molecule has 2 aromatic carbocycles. The van der Waals surface area contributed by atoms with Crippen molar-refractivity contribution in [3.8, 4) is 5.75 Å². The van der Waals surface area contributed by atoms with Gasteiger partial charge in [-0.3, -0.25) is 4.79 Å². The second-order valence-electron chi connectivity index (χ2n) is 7.84. The minimum absolute atomic E-state index is 0.0539. The van der Waals surface area contributed by atoms with Crippen LogP contribution < -0.4 is 10.6 Å². The molecule has 2 aromatic rings. The Hall–Kier alpha value is -3.55. The molecular formula is C24H30N2O6. The molecule has 0 aromatic heterocycles. The standard InChI is InChI=1S/C24H30N2O6/c1-16(2)13-21(23(29)31-3)25-22(28)20(14-17-9-11-19(27)12-10-17)26-24(30)32-15-18-7-5-4-6-8-18/h4-12,16,20-21,27H,13-15H2,1-3H3,(H,25,28)(H,26,30)/t20?,21-/m0/s1. The Morgan fingerprint density at radius 1 is 0.906 bits per heavy atom. The summed E-state index contributed by atoms with van der Waals surface area (Å²) in [6.45, 7) is 3.91. The van der Waals surface area contributed by atoms with Gasteiger partial charge in [0, 0.05) is 6.42 Å². The van der Waals surface area contributed by atoms with Crippen LogP contribution in [0.2, 0.25) is 0 Å². The van der Waals surface area contributed by atoms with Crippen LogP contribution in [0.1, 0.15) is 31.4 Å². The Bertz CT molecular complexity index is 883. The van der Waals surface area contributed by atoms with Crippen molar-refractivity contribution in [2.24, 2.45) is 5.92 Å². The number of phenols is 1. The number of methoxy groups -OCH3 is 1. The predicted molar refractivity (Wildman–Crippen MR) is 119 cm³/mol. The first kappa shape index (κ1) is 24.7. The van der Waals surface area contributed by atoms with Crippen molar-refractivity contribution in [1.29, 1.82) is 0 Å². The van der Waals surface area contributed by atoms with Gasteiger partial charge in [-0.2, -0.15) is 0 Å². The molecule has 0 saturated heterocycles. The summed E-state index contributed by atoms with van der Waals surface area (Å²) < 4.78 is 10.0. The summed E-state index contributed by atoms with van der Waals surface area (Å²) in [5, 5.41) is 14.7. The summed E-state index contributed by atoms with van der Waals surface area (Å²) in [6, 6.07) is 13.6. The summed E-state index contributed by atoms with van der Waals surface area (Å²) in [5.74, 6) is -0.862. The fourth-order valence-corrected chi connectivity index (χ4v) is 3.08. The van der Waals surface area contributed by atoms with E-state index >= 15 is 0 Å². The number of phenolic OH excluding ortho intramolecular Hbond substituents is 1. The highest BCUT2D eigenvalue weighted by molar-refractivity contribution is 5.89. The van der Waals surface area contributed by atoms with Crippen LogP contribution in [0.5, 0.6) is 5.75 Å². The Morgan fingerprint density at radius 2 is 1.56 bits per heavy atom. The number of hydrogen-bond donors (Lipinski definition) is 3. The van der Waals surface area contributed by atoms with E-state index in [1.54, 1.807) is 12.1 Å². The van der Waals surface area contributed by atoms with Crippen LogP contribution in [0.3, 0.4) is 0 Å². The summed E-state index contributed by atoms with van der Waals surface area (Å²) in [5.41, 5.74) is 1.52. The van der Waals surface area contributed by atoms with Gasteiger partial charge >= 0.3 is 12.1 Å². The highest BCUT2D eigenvalue weighted by Crippen LogP contribution is 2.13. The Morgan fingerprint density at radius 3 is 2.16 bits per heavy atom. The minimum Gasteiger partial charge on any atom is -0.508 e. The molecule has 8 nitrogen and oxygen atoms in total. The first-order valence-corrected chi connectivity index (χ1v) is 10.4. The van der Waals surface area contributed by atoms with Crippen molar-refractivity contribution >= 4 is 18.0 Å². The fourth-order valence-electron chi connectivity index (χ4n) is 3.08. The van der Waals surface area contributed by atoms with Crippen LogP contribution >= 0.6 is 0 Å². The molecule has 0 radical (unpaired) electrons. The summed E-state index contributed by atoms with van der Waals surface area (Å²) in [6.07, 6.45) is -0.225. The number of nitrogens with one attached hydrogen (secondary N) is 2. The van der Waals surface area contributed by atoms with Gasteiger partial charge < -0.3 is 25.2 Å². The molecule has 0 saturated carbocycles. The molecule has 0 aliphatic heterocycles. The van der Waals surface area contributed by atoms with E-state index in [0.29, 0.717) is 12.0 Å². The number of carbonyl (C=O) groups excluding carboxylic acids is 3. The zero-order chi connectivity index (χ0) is 23.5. The maximum Gasteiger partial charge on any atom is 0.408 e. The van der Waals surface area contributed by atoms with Gasteiger partial charge in [0.25, 0.3) is 0 Å². The van der Waals surface area contributed by atoms with Crippen LogP contribution in [0.4, 0.5) is 4.79 Å². The van der Waals surface area contributed by atoms with Crippen molar-refractivity contribution in [2.45, 2.75) is 45.4 Å². The Labute approximate surface area is 187 Å². The molecule has 1 unspecified atom stereocenters. The van der Waals surface area contributed by atoms with Crippen LogP contribution in [0.25, 0.3) is 0 Å². The van der Waals surface area contributed by atoms with Gasteiger partial charge in [-0.15, -0.1) is 0 Å². The Kier molecular flexibility index (Phi) is 9.53. The summed E-state index contributed by atoms with van der Waals surface area (Å²) in [7, 11) is 1.26. The molecule has 0 aliphatic carbocycles. The number of amides is 2. The van der Waals surface area contributed by atoms with Gasteiger partial charge in [0.15, 0.2) is 0 Å². The molecule has 0 spiro atoms. The largest absolute Gasteiger partial charge is 0.508 e. The fraction of sp³-hybridized carbons (Fsp3) is 0.375. The van der Waals surface area contributed by atoms with Gasteiger partial charge in [-0.1, -0.05) is 56.3 Å². The molecule has 0 fully saturated rings. The third-order valence-corrected chi connectivity index (χ3v) is 4.71. The molecule has 8 heteroatoms. The molecule has 2 atom stereocenters. The quantitative estimate of drug-likeness (QED) is 0.488. The van der Waals surface area contributed by atoms with E-state index in [-0.39, 0.29) is 24.7 Å². The number of rotatable bonds is 10. The molecular weight excluding hydrogens is 412 g/mol. The highest BCUT2D eigenvalue weighted by Gasteiger charge is 2.28. The van der Waals surface area contributed by atoms with E-state index in [1.807, 2.05) is 44.2 Å². The Balaban J connectivity index is 2.10. The highest BCUT2D eigenvalue weighted by atomic mass is 16.5. The van der Waals surface area contributed by atoms with E-state index < -0.39 is 30.1 Å². The van der Waals surface area contributed by atoms with Crippen LogP contribution in [-0.4, -0.2) is 42.3 Å². The molecule has 0 bridgehead atoms. The average molecular weight is 443 g/mol. The molecule has 0 aliphatic rings. The van der Waals surface area contributed by atoms with E-state index in [2.05, 4.69) is 10.6 Å². The van der Waals surface area contributed by atoms with Gasteiger partial charge in [0.05, 0.1) is 7.11 Å². The van der Waals surface area contributed by atoms with Crippen molar-refractivity contribution in [2.75, 3.05) is 7.11 Å². The topological polar surface area (TPSA) is 114 Å². The number of esters is 1. The minimum atomic E-state index is -0.998. The van der Waals surface area contributed by atoms with Gasteiger partial charge in [-0.25, -0.2) is 9.59 Å². The van der Waals surface area contributed by atoms with Crippen LogP contribution in [0, 0.1) is 5.92 Å². The maximum absolute atomic E-state index is 13.0. The lowest BCUT2D eigenvalue weighted by Crippen LogP contribution is -2.53. The second kappa shape index (κ2) is 12.3. The normalized spacial score (nSPS) is 12.5. The maximum atomic E-state index is 13.0. The lowest BCUT2D eigenvalue weighted by molar-refractivity contribution is -0.145. The smallest absolute Gasteiger partial charge is 0.408 e. The SMILES string of the molecule is COC(=O)[C@H](CC(C)C)NC(=O)C(Cc1ccc(O)cc1)NC(=O)OCc1ccccc1. The second-order valence-corrected chi connectivity index (χ2v) is 7.84. The molecule has 32 heavy (non-hydrogen) atoms. The lowest BCUT2D eigenvalue weighted by atomic mass is 10.0. The number of hydrogen-bond acceptors (Lipinski definition) is 6. The van der Waals surface area contributed by atoms with E-state index in [1.165, 1.54) is 19.2 Å². The first-order valence-electron chi connectivity index (χ1n) is 10.4. The molecule has 0 heterocycles. The third kappa shape index (κ3) is 8.29. The molecule has 2 amide bonds. The summed E-state index contributed by atoms with van der Waals surface area (Å²) in [4.78, 5) is 37.5. The van der Waals surface area contributed by atoms with Crippen molar-refractivity contribution in [1.82, 2.24) is 10.6 Å².